The highest BCUT2D eigenvalue weighted by Crippen LogP contribution is 2.55. The molecule has 1 saturated heterocycles. The van der Waals surface area contributed by atoms with Gasteiger partial charge >= 0.3 is 0 Å². The van der Waals surface area contributed by atoms with Gasteiger partial charge in [0.25, 0.3) is 6.04 Å². The summed E-state index contributed by atoms with van der Waals surface area (Å²) in [7, 11) is -3.86. The van der Waals surface area contributed by atoms with Crippen molar-refractivity contribution < 1.29 is 22.9 Å². The van der Waals surface area contributed by atoms with Gasteiger partial charge in [-0.05, 0) is 24.8 Å². The number of benzene rings is 1. The van der Waals surface area contributed by atoms with Crippen LogP contribution in [-0.4, -0.2) is 41.8 Å². The van der Waals surface area contributed by atoms with Crippen molar-refractivity contribution >= 4 is 15.6 Å². The highest BCUT2D eigenvalue weighted by Gasteiger charge is 2.70. The second-order valence-corrected chi connectivity index (χ2v) is 11.7. The lowest BCUT2D eigenvalue weighted by Gasteiger charge is -2.46. The molecule has 7 nitrogen and oxygen atoms in total. The van der Waals surface area contributed by atoms with Crippen LogP contribution in [0.5, 0.6) is 0 Å². The molecule has 0 unspecified atom stereocenters. The standard InChI is InChI=1S/C21H25NO6S/c1-12-5-7-13(8-6-12)17-18-14(23)9-20(2,3)10-15(18)28-21(4)16(22(24)25)11-29(26,27)19(17)21/h5-8,16-17,19H,9-11H2,1-4H3/t16-,17+,19+,21+/m0/s1. The maximum absolute atomic E-state index is 13.2. The molecule has 156 valence electrons. The summed E-state index contributed by atoms with van der Waals surface area (Å²) in [6, 6.07) is 5.99. The molecule has 4 rings (SSSR count). The van der Waals surface area contributed by atoms with E-state index in [2.05, 4.69) is 0 Å². The first-order chi connectivity index (χ1) is 13.4. The van der Waals surface area contributed by atoms with Crippen molar-refractivity contribution in [2.45, 2.75) is 63.3 Å². The summed E-state index contributed by atoms with van der Waals surface area (Å²) in [5, 5.41) is 10.6. The van der Waals surface area contributed by atoms with Crippen molar-refractivity contribution in [2.75, 3.05) is 5.75 Å². The Balaban J connectivity index is 1.99. The fourth-order valence-electron chi connectivity index (χ4n) is 5.22. The van der Waals surface area contributed by atoms with Gasteiger partial charge in [-0.1, -0.05) is 43.7 Å². The number of aryl methyl sites for hydroxylation is 1. The Morgan fingerprint density at radius 2 is 1.76 bits per heavy atom. The number of ether oxygens (including phenoxy) is 1. The Labute approximate surface area is 170 Å². The second-order valence-electron chi connectivity index (χ2n) is 9.50. The topological polar surface area (TPSA) is 104 Å². The lowest BCUT2D eigenvalue weighted by Crippen LogP contribution is -2.56. The number of nitro groups is 1. The van der Waals surface area contributed by atoms with Crippen LogP contribution in [-0.2, 0) is 19.4 Å². The Morgan fingerprint density at radius 1 is 1.14 bits per heavy atom. The number of rotatable bonds is 2. The SMILES string of the molecule is Cc1ccc([C@@H]2C3=C(CC(C)(C)CC3=O)O[C@]3(C)[C@@H]([N+](=O)[O-])CS(=O)(=O)[C@H]23)cc1. The first-order valence-electron chi connectivity index (χ1n) is 9.73. The minimum Gasteiger partial charge on any atom is -0.483 e. The van der Waals surface area contributed by atoms with E-state index < -0.39 is 43.3 Å². The van der Waals surface area contributed by atoms with Gasteiger partial charge in [0.05, 0.1) is 0 Å². The third-order valence-corrected chi connectivity index (χ3v) is 8.82. The number of ketones is 1. The summed E-state index contributed by atoms with van der Waals surface area (Å²) in [6.45, 7) is 7.34. The Bertz CT molecular complexity index is 1040. The fourth-order valence-corrected chi connectivity index (χ4v) is 7.94. The number of sulfone groups is 1. The Kier molecular flexibility index (Phi) is 4.25. The monoisotopic (exact) mass is 419 g/mol. The second kappa shape index (κ2) is 6.14. The van der Waals surface area contributed by atoms with E-state index in [-0.39, 0.29) is 11.2 Å². The summed E-state index contributed by atoms with van der Waals surface area (Å²) in [6.07, 6.45) is 0.739. The minimum absolute atomic E-state index is 0.136. The van der Waals surface area contributed by atoms with Gasteiger partial charge in [-0.2, -0.15) is 0 Å². The largest absolute Gasteiger partial charge is 0.483 e. The molecule has 0 aromatic heterocycles. The van der Waals surface area contributed by atoms with Crippen LogP contribution in [0.25, 0.3) is 0 Å². The van der Waals surface area contributed by atoms with E-state index in [1.807, 2.05) is 45.0 Å². The maximum atomic E-state index is 13.2. The average molecular weight is 419 g/mol. The first kappa shape index (κ1) is 20.1. The molecule has 2 aliphatic heterocycles. The molecule has 0 radical (unpaired) electrons. The number of Topliss-reactive ketones (excluding diaryl/α,β-unsaturated/α-hetero) is 1. The number of hydrogen-bond acceptors (Lipinski definition) is 6. The molecule has 0 N–H and O–H groups in total. The third-order valence-electron chi connectivity index (χ3n) is 6.53. The van der Waals surface area contributed by atoms with Crippen LogP contribution in [0.4, 0.5) is 0 Å². The van der Waals surface area contributed by atoms with Crippen LogP contribution < -0.4 is 0 Å². The van der Waals surface area contributed by atoms with Crippen LogP contribution in [0.3, 0.4) is 0 Å². The summed E-state index contributed by atoms with van der Waals surface area (Å²) in [5.74, 6) is -1.06. The Morgan fingerprint density at radius 3 is 2.34 bits per heavy atom. The zero-order valence-corrected chi connectivity index (χ0v) is 17.8. The van der Waals surface area contributed by atoms with Gasteiger partial charge < -0.3 is 4.74 Å². The molecule has 0 saturated carbocycles. The van der Waals surface area contributed by atoms with Gasteiger partial charge in [-0.25, -0.2) is 8.42 Å². The molecule has 1 aromatic rings. The average Bonchev–Trinajstić information content (AvgIpc) is 2.79. The van der Waals surface area contributed by atoms with E-state index in [1.165, 1.54) is 6.92 Å². The van der Waals surface area contributed by atoms with Gasteiger partial charge in [-0.15, -0.1) is 0 Å². The molecular weight excluding hydrogens is 394 g/mol. The molecule has 1 fully saturated rings. The van der Waals surface area contributed by atoms with Crippen LogP contribution in [0.2, 0.25) is 0 Å². The van der Waals surface area contributed by atoms with Gasteiger partial charge in [0.2, 0.25) is 0 Å². The van der Waals surface area contributed by atoms with Crippen molar-refractivity contribution in [1.82, 2.24) is 0 Å². The van der Waals surface area contributed by atoms with Crippen LogP contribution >= 0.6 is 0 Å². The molecule has 0 bridgehead atoms. The fraction of sp³-hybridized carbons (Fsp3) is 0.571. The van der Waals surface area contributed by atoms with E-state index in [0.29, 0.717) is 29.7 Å². The molecule has 0 spiro atoms. The van der Waals surface area contributed by atoms with Gasteiger partial charge in [-0.3, -0.25) is 14.9 Å². The number of nitrogens with zero attached hydrogens (tertiary/aromatic N) is 1. The molecule has 8 heteroatoms. The van der Waals surface area contributed by atoms with Crippen LogP contribution in [0, 0.1) is 22.5 Å². The number of fused-ring (bicyclic) bond motifs is 1. The van der Waals surface area contributed by atoms with Gasteiger partial charge in [0.1, 0.15) is 16.8 Å². The van der Waals surface area contributed by atoms with Crippen molar-refractivity contribution in [2.24, 2.45) is 5.41 Å². The number of hydrogen-bond donors (Lipinski definition) is 0. The summed E-state index contributed by atoms with van der Waals surface area (Å²) in [5.41, 5.74) is 0.195. The zero-order valence-electron chi connectivity index (χ0n) is 17.0. The number of carbonyl (C=O) groups excluding carboxylic acids is 1. The Hall–Kier alpha value is -2.22. The van der Waals surface area contributed by atoms with Gasteiger partial charge in [0, 0.05) is 29.3 Å². The van der Waals surface area contributed by atoms with Crippen molar-refractivity contribution in [1.29, 1.82) is 0 Å². The molecule has 29 heavy (non-hydrogen) atoms. The molecular formula is C21H25NO6S. The summed E-state index contributed by atoms with van der Waals surface area (Å²) in [4.78, 5) is 24.4. The van der Waals surface area contributed by atoms with E-state index in [0.717, 1.165) is 5.56 Å². The van der Waals surface area contributed by atoms with E-state index in [4.69, 9.17) is 4.74 Å². The van der Waals surface area contributed by atoms with Gasteiger partial charge in [0.15, 0.2) is 21.2 Å². The van der Waals surface area contributed by atoms with Crippen molar-refractivity contribution in [3.63, 3.8) is 0 Å². The van der Waals surface area contributed by atoms with E-state index in [9.17, 15) is 23.3 Å². The summed E-state index contributed by atoms with van der Waals surface area (Å²) >= 11 is 0. The minimum atomic E-state index is -3.86. The highest BCUT2D eigenvalue weighted by molar-refractivity contribution is 7.92. The first-order valence-corrected chi connectivity index (χ1v) is 11.4. The van der Waals surface area contributed by atoms with Crippen LogP contribution in [0.1, 0.15) is 50.7 Å². The molecule has 0 amide bonds. The van der Waals surface area contributed by atoms with E-state index >= 15 is 0 Å². The zero-order chi connectivity index (χ0) is 21.4. The molecule has 1 aliphatic carbocycles. The van der Waals surface area contributed by atoms with Crippen LogP contribution in [0.15, 0.2) is 35.6 Å². The maximum Gasteiger partial charge on any atom is 0.266 e. The lowest BCUT2D eigenvalue weighted by atomic mass is 9.68. The normalized spacial score (nSPS) is 34.9. The predicted molar refractivity (Wildman–Crippen MR) is 107 cm³/mol. The molecule has 4 atom stereocenters. The molecule has 2 heterocycles. The lowest BCUT2D eigenvalue weighted by molar-refractivity contribution is -0.537. The quantitative estimate of drug-likeness (QED) is 0.539. The van der Waals surface area contributed by atoms with Crippen molar-refractivity contribution in [3.8, 4) is 0 Å². The molecule has 1 aromatic carbocycles. The van der Waals surface area contributed by atoms with Crippen molar-refractivity contribution in [3.05, 3.63) is 56.8 Å². The smallest absolute Gasteiger partial charge is 0.266 e. The predicted octanol–water partition coefficient (Wildman–Crippen LogP) is 2.95. The van der Waals surface area contributed by atoms with E-state index in [1.54, 1.807) is 0 Å². The highest BCUT2D eigenvalue weighted by atomic mass is 32.2. The third kappa shape index (κ3) is 2.99. The number of allylic oxidation sites excluding steroid dienone is 2. The summed E-state index contributed by atoms with van der Waals surface area (Å²) < 4.78 is 32.4. The number of carbonyl (C=O) groups is 1. The molecule has 3 aliphatic rings.